The molecule has 0 aliphatic carbocycles. The fraction of sp³-hybridized carbons (Fsp3) is 0.357. The van der Waals surface area contributed by atoms with Gasteiger partial charge < -0.3 is 22.8 Å². The highest BCUT2D eigenvalue weighted by Crippen LogP contribution is 2.37. The van der Waals surface area contributed by atoms with E-state index < -0.39 is 8.80 Å². The summed E-state index contributed by atoms with van der Waals surface area (Å²) in [6, 6.07) is 29.8. The maximum Gasteiger partial charge on any atom is 0.699 e. The standard InChI is InChI=1S/C28H34O5Si/c1-3-28(22-29-23-28)24(2)30-20-13-21-34(31-25-14-7-4-8-15-25,32-26-16-9-5-10-17-26)33-27-18-11-6-12-19-27/h4-12,14-19,24H,3,13,20-23H2,1-2H3. The van der Waals surface area contributed by atoms with Gasteiger partial charge >= 0.3 is 8.80 Å². The van der Waals surface area contributed by atoms with Gasteiger partial charge in [0, 0.05) is 12.0 Å². The van der Waals surface area contributed by atoms with Crippen LogP contribution in [0, 0.1) is 5.41 Å². The Kier molecular flexibility index (Phi) is 8.27. The molecule has 1 aliphatic rings. The van der Waals surface area contributed by atoms with Gasteiger partial charge in [-0.2, -0.15) is 0 Å². The second-order valence-corrected chi connectivity index (χ2v) is 11.2. The minimum Gasteiger partial charge on any atom is -0.483 e. The fourth-order valence-corrected chi connectivity index (χ4v) is 6.53. The summed E-state index contributed by atoms with van der Waals surface area (Å²) in [5.74, 6) is 2.19. The lowest BCUT2D eigenvalue weighted by atomic mass is 9.78. The zero-order valence-corrected chi connectivity index (χ0v) is 21.0. The average molecular weight is 479 g/mol. The van der Waals surface area contributed by atoms with E-state index in [0.717, 1.165) is 43.3 Å². The molecule has 0 spiro atoms. The smallest absolute Gasteiger partial charge is 0.483 e. The minimum absolute atomic E-state index is 0.135. The molecule has 0 aromatic heterocycles. The molecule has 4 rings (SSSR count). The van der Waals surface area contributed by atoms with E-state index in [4.69, 9.17) is 22.8 Å². The van der Waals surface area contributed by atoms with Gasteiger partial charge in [0.25, 0.3) is 0 Å². The van der Waals surface area contributed by atoms with Crippen molar-refractivity contribution < 1.29 is 22.8 Å². The van der Waals surface area contributed by atoms with Crippen LogP contribution in [0.4, 0.5) is 0 Å². The van der Waals surface area contributed by atoms with Crippen LogP contribution in [0.5, 0.6) is 17.2 Å². The molecule has 6 heteroatoms. The molecule has 3 aromatic rings. The normalized spacial score (nSPS) is 15.7. The minimum atomic E-state index is -3.24. The Morgan fingerprint density at radius 2 is 1.21 bits per heavy atom. The van der Waals surface area contributed by atoms with Crippen LogP contribution in [0.1, 0.15) is 26.7 Å². The Morgan fingerprint density at radius 1 is 0.765 bits per heavy atom. The van der Waals surface area contributed by atoms with Crippen LogP contribution in [0.25, 0.3) is 0 Å². The van der Waals surface area contributed by atoms with E-state index >= 15 is 0 Å². The van der Waals surface area contributed by atoms with E-state index in [-0.39, 0.29) is 11.5 Å². The molecule has 5 nitrogen and oxygen atoms in total. The van der Waals surface area contributed by atoms with Gasteiger partial charge in [-0.15, -0.1) is 0 Å². The number of hydrogen-bond donors (Lipinski definition) is 0. The first-order valence-corrected chi connectivity index (χ1v) is 14.0. The molecule has 0 bridgehead atoms. The average Bonchev–Trinajstić information content (AvgIpc) is 2.83. The maximum atomic E-state index is 6.56. The zero-order chi connectivity index (χ0) is 23.7. The van der Waals surface area contributed by atoms with Crippen LogP contribution < -0.4 is 13.3 Å². The Hall–Kier alpha value is -2.80. The van der Waals surface area contributed by atoms with Crippen LogP contribution in [0.3, 0.4) is 0 Å². The predicted octanol–water partition coefficient (Wildman–Crippen LogP) is 6.38. The third kappa shape index (κ3) is 6.20. The molecular formula is C28H34O5Si. The van der Waals surface area contributed by atoms with Crippen LogP contribution in [-0.4, -0.2) is 34.7 Å². The third-order valence-corrected chi connectivity index (χ3v) is 9.00. The molecular weight excluding hydrogens is 444 g/mol. The summed E-state index contributed by atoms with van der Waals surface area (Å²) in [6.07, 6.45) is 1.95. The first kappa shape index (κ1) is 24.3. The Bertz CT molecular complexity index is 873. The third-order valence-electron chi connectivity index (χ3n) is 6.39. The van der Waals surface area contributed by atoms with Gasteiger partial charge in [-0.25, -0.2) is 0 Å². The van der Waals surface area contributed by atoms with Crippen molar-refractivity contribution in [1.29, 1.82) is 0 Å². The Labute approximate surface area is 204 Å². The van der Waals surface area contributed by atoms with Crippen molar-refractivity contribution in [2.24, 2.45) is 5.41 Å². The zero-order valence-electron chi connectivity index (χ0n) is 20.0. The van der Waals surface area contributed by atoms with Crippen LogP contribution in [0.15, 0.2) is 91.0 Å². The van der Waals surface area contributed by atoms with Crippen molar-refractivity contribution in [3.63, 3.8) is 0 Å². The lowest BCUT2D eigenvalue weighted by molar-refractivity contribution is -0.183. The molecule has 1 aliphatic heterocycles. The van der Waals surface area contributed by atoms with Gasteiger partial charge in [0.05, 0.1) is 25.4 Å². The summed E-state index contributed by atoms with van der Waals surface area (Å²) in [6.45, 7) is 6.50. The molecule has 1 unspecified atom stereocenters. The van der Waals surface area contributed by atoms with Crippen LogP contribution in [-0.2, 0) is 9.47 Å². The molecule has 3 aromatic carbocycles. The number of benzene rings is 3. The number of para-hydroxylation sites is 3. The highest BCUT2D eigenvalue weighted by Gasteiger charge is 2.49. The molecule has 1 atom stereocenters. The van der Waals surface area contributed by atoms with E-state index in [1.807, 2.05) is 91.0 Å². The molecule has 1 saturated heterocycles. The van der Waals surface area contributed by atoms with E-state index in [9.17, 15) is 0 Å². The molecule has 0 radical (unpaired) electrons. The summed E-state index contributed by atoms with van der Waals surface area (Å²) < 4.78 is 31.4. The molecule has 0 saturated carbocycles. The highest BCUT2D eigenvalue weighted by molar-refractivity contribution is 6.63. The van der Waals surface area contributed by atoms with Crippen LogP contribution >= 0.6 is 0 Å². The van der Waals surface area contributed by atoms with Crippen molar-refractivity contribution in [3.05, 3.63) is 91.0 Å². The number of rotatable bonds is 13. The quantitative estimate of drug-likeness (QED) is 0.211. The van der Waals surface area contributed by atoms with E-state index in [2.05, 4.69) is 13.8 Å². The van der Waals surface area contributed by atoms with Gasteiger partial charge in [-0.1, -0.05) is 61.5 Å². The summed E-state index contributed by atoms with van der Waals surface area (Å²) in [4.78, 5) is 0. The van der Waals surface area contributed by atoms with Crippen molar-refractivity contribution in [1.82, 2.24) is 0 Å². The predicted molar refractivity (Wildman–Crippen MR) is 135 cm³/mol. The molecule has 1 fully saturated rings. The second kappa shape index (κ2) is 11.6. The topological polar surface area (TPSA) is 46.2 Å². The van der Waals surface area contributed by atoms with Crippen molar-refractivity contribution in [3.8, 4) is 17.2 Å². The summed E-state index contributed by atoms with van der Waals surface area (Å²) in [7, 11) is -3.24. The molecule has 0 amide bonds. The van der Waals surface area contributed by atoms with Gasteiger partial charge in [-0.3, -0.25) is 0 Å². The van der Waals surface area contributed by atoms with Gasteiger partial charge in [0.2, 0.25) is 0 Å². The molecule has 0 N–H and O–H groups in total. The van der Waals surface area contributed by atoms with E-state index in [1.165, 1.54) is 0 Å². The van der Waals surface area contributed by atoms with E-state index in [0.29, 0.717) is 12.7 Å². The fourth-order valence-electron chi connectivity index (χ4n) is 4.04. The molecule has 34 heavy (non-hydrogen) atoms. The lowest BCUT2D eigenvalue weighted by Gasteiger charge is -2.45. The first-order chi connectivity index (χ1) is 16.6. The molecule has 180 valence electrons. The van der Waals surface area contributed by atoms with Gasteiger partial charge in [0.15, 0.2) is 0 Å². The number of ether oxygens (including phenoxy) is 2. The van der Waals surface area contributed by atoms with Crippen molar-refractivity contribution in [2.75, 3.05) is 19.8 Å². The van der Waals surface area contributed by atoms with Crippen molar-refractivity contribution in [2.45, 2.75) is 38.8 Å². The maximum absolute atomic E-state index is 6.56. The largest absolute Gasteiger partial charge is 0.699 e. The SMILES string of the molecule is CCC1(C(C)OCCC[Si](Oc2ccccc2)(Oc2ccccc2)Oc2ccccc2)COC1. The van der Waals surface area contributed by atoms with Crippen LogP contribution in [0.2, 0.25) is 6.04 Å². The monoisotopic (exact) mass is 478 g/mol. The lowest BCUT2D eigenvalue weighted by Crippen LogP contribution is -2.55. The highest BCUT2D eigenvalue weighted by atomic mass is 28.4. The Morgan fingerprint density at radius 3 is 1.56 bits per heavy atom. The van der Waals surface area contributed by atoms with Gasteiger partial charge in [-0.05, 0) is 56.2 Å². The molecule has 1 heterocycles. The van der Waals surface area contributed by atoms with Gasteiger partial charge in [0.1, 0.15) is 17.2 Å². The van der Waals surface area contributed by atoms with Crippen molar-refractivity contribution >= 4 is 8.80 Å². The second-order valence-electron chi connectivity index (χ2n) is 8.75. The summed E-state index contributed by atoms with van der Waals surface area (Å²) >= 11 is 0. The summed E-state index contributed by atoms with van der Waals surface area (Å²) in [5.41, 5.74) is 0.135. The summed E-state index contributed by atoms with van der Waals surface area (Å²) in [5, 5.41) is 0. The Balaban J connectivity index is 1.52. The van der Waals surface area contributed by atoms with E-state index in [1.54, 1.807) is 0 Å². The number of hydrogen-bond acceptors (Lipinski definition) is 5. The first-order valence-electron chi connectivity index (χ1n) is 12.0.